The number of aryl methyl sites for hydroxylation is 2. The highest BCUT2D eigenvalue weighted by molar-refractivity contribution is 6.01. The highest BCUT2D eigenvalue weighted by atomic mass is 16.5. The minimum absolute atomic E-state index is 0.139. The van der Waals surface area contributed by atoms with Gasteiger partial charge in [-0.15, -0.1) is 5.10 Å². The molecule has 8 heteroatoms. The molecule has 0 saturated heterocycles. The summed E-state index contributed by atoms with van der Waals surface area (Å²) in [5.41, 5.74) is 3.95. The van der Waals surface area contributed by atoms with Crippen LogP contribution in [-0.2, 0) is 0 Å². The molecule has 0 unspecified atom stereocenters. The Morgan fingerprint density at radius 1 is 1.11 bits per heavy atom. The summed E-state index contributed by atoms with van der Waals surface area (Å²) < 4.78 is 6.69. The number of anilines is 1. The predicted molar refractivity (Wildman–Crippen MR) is 98.5 cm³/mol. The average molecular weight is 360 g/mol. The zero-order valence-corrected chi connectivity index (χ0v) is 14.7. The number of aromatic nitrogens is 5. The van der Waals surface area contributed by atoms with Crippen molar-refractivity contribution in [3.8, 4) is 17.2 Å². The van der Waals surface area contributed by atoms with Gasteiger partial charge in [0, 0.05) is 5.69 Å². The molecule has 0 saturated carbocycles. The van der Waals surface area contributed by atoms with Gasteiger partial charge in [0.25, 0.3) is 0 Å². The van der Waals surface area contributed by atoms with Crippen LogP contribution < -0.4 is 5.32 Å². The van der Waals surface area contributed by atoms with Crippen molar-refractivity contribution >= 4 is 11.6 Å². The van der Waals surface area contributed by atoms with Gasteiger partial charge in [0.1, 0.15) is 0 Å². The molecule has 2 aromatic heterocycles. The maximum Gasteiger partial charge on any atom is 0.316 e. The molecule has 0 aliphatic carbocycles. The van der Waals surface area contributed by atoms with Crippen LogP contribution in [-0.4, -0.2) is 31.0 Å². The minimum atomic E-state index is -0.474. The normalized spacial score (nSPS) is 10.7. The fourth-order valence-electron chi connectivity index (χ4n) is 2.54. The Morgan fingerprint density at radius 2 is 1.93 bits per heavy atom. The maximum atomic E-state index is 12.4. The molecule has 0 spiro atoms. The summed E-state index contributed by atoms with van der Waals surface area (Å²) in [5.74, 6) is -0.415. The van der Waals surface area contributed by atoms with E-state index in [1.807, 2.05) is 62.4 Å². The maximum absolute atomic E-state index is 12.4. The number of hydrogen-bond acceptors (Lipinski definition) is 6. The summed E-state index contributed by atoms with van der Waals surface area (Å²) in [6.07, 6.45) is 1.67. The zero-order valence-electron chi connectivity index (χ0n) is 14.7. The first kappa shape index (κ1) is 16.6. The SMILES string of the molecule is Cc1ccc(C)c(NC(=O)c2nc(-c3cn(-c4ccccc4)nn3)no2)c1. The van der Waals surface area contributed by atoms with Crippen LogP contribution in [0.5, 0.6) is 0 Å². The molecule has 134 valence electrons. The second-order valence-electron chi connectivity index (χ2n) is 6.08. The van der Waals surface area contributed by atoms with Crippen LogP contribution in [0.2, 0.25) is 0 Å². The van der Waals surface area contributed by atoms with E-state index in [-0.39, 0.29) is 11.7 Å². The molecule has 0 fully saturated rings. The summed E-state index contributed by atoms with van der Waals surface area (Å²) >= 11 is 0. The van der Waals surface area contributed by atoms with Gasteiger partial charge in [-0.1, -0.05) is 40.7 Å². The van der Waals surface area contributed by atoms with Crippen molar-refractivity contribution in [3.63, 3.8) is 0 Å². The van der Waals surface area contributed by atoms with Crippen LogP contribution in [0.3, 0.4) is 0 Å². The standard InChI is InChI=1S/C19H16N6O2/c1-12-8-9-13(2)15(10-12)20-18(26)19-21-17(23-27-19)16-11-25(24-22-16)14-6-4-3-5-7-14/h3-11H,1-2H3,(H,20,26). The van der Waals surface area contributed by atoms with Crippen molar-refractivity contribution in [2.24, 2.45) is 0 Å². The van der Waals surface area contributed by atoms with Gasteiger partial charge in [0.05, 0.1) is 11.9 Å². The smallest absolute Gasteiger partial charge is 0.316 e. The first-order valence-corrected chi connectivity index (χ1v) is 8.30. The number of nitrogens with one attached hydrogen (secondary N) is 1. The van der Waals surface area contributed by atoms with Crippen LogP contribution in [0.4, 0.5) is 5.69 Å². The molecule has 8 nitrogen and oxygen atoms in total. The molecule has 4 aromatic rings. The molecular formula is C19H16N6O2. The second-order valence-corrected chi connectivity index (χ2v) is 6.08. The second kappa shape index (κ2) is 6.83. The third kappa shape index (κ3) is 3.45. The molecule has 1 amide bonds. The summed E-state index contributed by atoms with van der Waals surface area (Å²) in [7, 11) is 0. The fraction of sp³-hybridized carbons (Fsp3) is 0.105. The molecule has 0 aliphatic heterocycles. The lowest BCUT2D eigenvalue weighted by atomic mass is 10.1. The van der Waals surface area contributed by atoms with Crippen molar-refractivity contribution in [3.05, 3.63) is 71.7 Å². The highest BCUT2D eigenvalue weighted by Gasteiger charge is 2.19. The van der Waals surface area contributed by atoms with Gasteiger partial charge in [-0.3, -0.25) is 4.79 Å². The van der Waals surface area contributed by atoms with Gasteiger partial charge < -0.3 is 9.84 Å². The van der Waals surface area contributed by atoms with Crippen molar-refractivity contribution in [2.45, 2.75) is 13.8 Å². The zero-order chi connectivity index (χ0) is 18.8. The van der Waals surface area contributed by atoms with Gasteiger partial charge in [-0.05, 0) is 43.2 Å². The monoisotopic (exact) mass is 360 g/mol. The lowest BCUT2D eigenvalue weighted by molar-refractivity contribution is 0.0981. The lowest BCUT2D eigenvalue weighted by Gasteiger charge is -2.06. The first-order chi connectivity index (χ1) is 13.1. The van der Waals surface area contributed by atoms with Crippen molar-refractivity contribution in [2.75, 3.05) is 5.32 Å². The predicted octanol–water partition coefficient (Wildman–Crippen LogP) is 3.19. The minimum Gasteiger partial charge on any atom is -0.328 e. The number of para-hydroxylation sites is 1. The molecule has 2 heterocycles. The Morgan fingerprint density at radius 3 is 2.74 bits per heavy atom. The van der Waals surface area contributed by atoms with Crippen molar-refractivity contribution in [1.82, 2.24) is 25.1 Å². The third-order valence-corrected chi connectivity index (χ3v) is 4.00. The Balaban J connectivity index is 1.54. The van der Waals surface area contributed by atoms with E-state index < -0.39 is 5.91 Å². The number of rotatable bonds is 4. The molecule has 2 aromatic carbocycles. The van der Waals surface area contributed by atoms with E-state index in [1.54, 1.807) is 10.9 Å². The van der Waals surface area contributed by atoms with Gasteiger partial charge in [0.2, 0.25) is 5.82 Å². The van der Waals surface area contributed by atoms with E-state index in [4.69, 9.17) is 4.52 Å². The third-order valence-electron chi connectivity index (χ3n) is 4.00. The molecule has 0 atom stereocenters. The van der Waals surface area contributed by atoms with E-state index in [2.05, 4.69) is 25.8 Å². The van der Waals surface area contributed by atoms with E-state index in [9.17, 15) is 4.79 Å². The number of nitrogens with zero attached hydrogens (tertiary/aromatic N) is 5. The quantitative estimate of drug-likeness (QED) is 0.600. The Hall–Kier alpha value is -3.81. The largest absolute Gasteiger partial charge is 0.328 e. The molecule has 4 rings (SSSR count). The van der Waals surface area contributed by atoms with E-state index in [1.165, 1.54) is 0 Å². The molecule has 0 radical (unpaired) electrons. The highest BCUT2D eigenvalue weighted by Crippen LogP contribution is 2.18. The summed E-state index contributed by atoms with van der Waals surface area (Å²) in [6.45, 7) is 3.87. The van der Waals surface area contributed by atoms with Gasteiger partial charge >= 0.3 is 11.8 Å². The Bertz CT molecular complexity index is 1100. The molecule has 27 heavy (non-hydrogen) atoms. The van der Waals surface area contributed by atoms with Gasteiger partial charge in [-0.2, -0.15) is 4.98 Å². The first-order valence-electron chi connectivity index (χ1n) is 8.30. The number of benzene rings is 2. The molecule has 0 aliphatic rings. The number of carbonyl (C=O) groups excluding carboxylic acids is 1. The fourth-order valence-corrected chi connectivity index (χ4v) is 2.54. The molecule has 1 N–H and O–H groups in total. The van der Waals surface area contributed by atoms with Crippen LogP contribution >= 0.6 is 0 Å². The van der Waals surface area contributed by atoms with Crippen molar-refractivity contribution in [1.29, 1.82) is 0 Å². The Labute approximate surface area is 154 Å². The summed E-state index contributed by atoms with van der Waals surface area (Å²) in [4.78, 5) is 16.5. The number of hydrogen-bond donors (Lipinski definition) is 1. The van der Waals surface area contributed by atoms with E-state index in [0.717, 1.165) is 16.8 Å². The van der Waals surface area contributed by atoms with Crippen LogP contribution in [0.25, 0.3) is 17.2 Å². The van der Waals surface area contributed by atoms with Gasteiger partial charge in [-0.25, -0.2) is 4.68 Å². The Kier molecular flexibility index (Phi) is 4.21. The lowest BCUT2D eigenvalue weighted by Crippen LogP contribution is -2.13. The number of carbonyl (C=O) groups is 1. The molecular weight excluding hydrogens is 344 g/mol. The molecule has 0 bridgehead atoms. The summed E-state index contributed by atoms with van der Waals surface area (Å²) in [5, 5.41) is 14.7. The van der Waals surface area contributed by atoms with E-state index in [0.29, 0.717) is 11.4 Å². The van der Waals surface area contributed by atoms with Crippen molar-refractivity contribution < 1.29 is 9.32 Å². The number of amides is 1. The van der Waals surface area contributed by atoms with Crippen LogP contribution in [0.1, 0.15) is 21.8 Å². The van der Waals surface area contributed by atoms with Gasteiger partial charge in [0.15, 0.2) is 5.69 Å². The van der Waals surface area contributed by atoms with E-state index >= 15 is 0 Å². The summed E-state index contributed by atoms with van der Waals surface area (Å²) in [6, 6.07) is 15.3. The van der Waals surface area contributed by atoms with Crippen LogP contribution in [0.15, 0.2) is 59.3 Å². The van der Waals surface area contributed by atoms with Crippen LogP contribution in [0, 0.1) is 13.8 Å². The topological polar surface area (TPSA) is 98.7 Å². The average Bonchev–Trinajstić information content (AvgIpc) is 3.35.